The van der Waals surface area contributed by atoms with Gasteiger partial charge in [-0.3, -0.25) is 0 Å². The van der Waals surface area contributed by atoms with Crippen molar-refractivity contribution in [2.45, 2.75) is 26.2 Å². The molecule has 0 fully saturated rings. The van der Waals surface area contributed by atoms with Gasteiger partial charge < -0.3 is 4.74 Å². The van der Waals surface area contributed by atoms with Crippen LogP contribution in [-0.2, 0) is 0 Å². The van der Waals surface area contributed by atoms with Crippen LogP contribution in [0.3, 0.4) is 0 Å². The summed E-state index contributed by atoms with van der Waals surface area (Å²) in [6, 6.07) is 33.0. The van der Waals surface area contributed by atoms with Crippen LogP contribution in [0.4, 0.5) is 0 Å². The highest BCUT2D eigenvalue weighted by Crippen LogP contribution is 2.33. The monoisotopic (exact) mass is 395 g/mol. The maximum Gasteiger partial charge on any atom is 0.361 e. The zero-order chi connectivity index (χ0) is 20.6. The van der Waals surface area contributed by atoms with E-state index < -0.39 is 0 Å². The van der Waals surface area contributed by atoms with E-state index in [0.717, 1.165) is 47.0 Å². The first-order valence-electron chi connectivity index (χ1n) is 10.7. The fraction of sp³-hybridized carbons (Fsp3) is 0.179. The molecule has 3 aromatic carbocycles. The summed E-state index contributed by atoms with van der Waals surface area (Å²) >= 11 is 0. The van der Waals surface area contributed by atoms with E-state index in [2.05, 4.69) is 67.6 Å². The molecule has 1 heterocycles. The maximum absolute atomic E-state index is 6.32. The highest BCUT2D eigenvalue weighted by atomic mass is 16.5. The van der Waals surface area contributed by atoms with Crippen molar-refractivity contribution in [1.29, 1.82) is 0 Å². The molecular weight excluding hydrogens is 368 g/mol. The van der Waals surface area contributed by atoms with Crippen LogP contribution in [0.1, 0.15) is 26.2 Å². The molecule has 4 rings (SSSR count). The standard InChI is InChI=1S/C28H27O2/c1-2-3-10-19-29-26-17-15-24(16-18-26)28-21-25(22-11-6-4-7-12-22)20-27(30-28)23-13-8-5-9-14-23/h4-9,11-18,20-21H,2-3,10,19H2,1H3/q+1. The minimum absolute atomic E-state index is 0.763. The molecule has 0 amide bonds. The summed E-state index contributed by atoms with van der Waals surface area (Å²) in [7, 11) is 0. The first-order chi connectivity index (χ1) is 14.8. The zero-order valence-electron chi connectivity index (χ0n) is 17.4. The van der Waals surface area contributed by atoms with Gasteiger partial charge in [0.15, 0.2) is 0 Å². The summed E-state index contributed by atoms with van der Waals surface area (Å²) in [6.45, 7) is 2.96. The molecule has 2 nitrogen and oxygen atoms in total. The van der Waals surface area contributed by atoms with E-state index in [1.807, 2.05) is 36.4 Å². The average molecular weight is 396 g/mol. The normalized spacial score (nSPS) is 10.7. The zero-order valence-corrected chi connectivity index (χ0v) is 17.4. The molecule has 0 spiro atoms. The van der Waals surface area contributed by atoms with Crippen molar-refractivity contribution in [1.82, 2.24) is 0 Å². The predicted octanol–water partition coefficient (Wildman–Crippen LogP) is 8.13. The molecule has 4 aromatic rings. The highest BCUT2D eigenvalue weighted by molar-refractivity contribution is 5.74. The fourth-order valence-electron chi connectivity index (χ4n) is 3.44. The number of hydrogen-bond donors (Lipinski definition) is 0. The van der Waals surface area contributed by atoms with Crippen LogP contribution in [0, 0.1) is 0 Å². The van der Waals surface area contributed by atoms with Crippen molar-refractivity contribution >= 4 is 0 Å². The molecule has 30 heavy (non-hydrogen) atoms. The Morgan fingerprint density at radius 1 is 0.600 bits per heavy atom. The Morgan fingerprint density at radius 2 is 1.17 bits per heavy atom. The molecule has 0 saturated heterocycles. The second kappa shape index (κ2) is 9.89. The van der Waals surface area contributed by atoms with Crippen LogP contribution >= 0.6 is 0 Å². The average Bonchev–Trinajstić information content (AvgIpc) is 2.83. The lowest BCUT2D eigenvalue weighted by Crippen LogP contribution is -1.96. The molecule has 0 aliphatic rings. The first-order valence-corrected chi connectivity index (χ1v) is 10.7. The van der Waals surface area contributed by atoms with Crippen LogP contribution in [0.15, 0.2) is 101 Å². The second-order valence-electron chi connectivity index (χ2n) is 7.39. The Labute approximate surface area is 178 Å². The van der Waals surface area contributed by atoms with Gasteiger partial charge in [0.1, 0.15) is 5.75 Å². The summed E-state index contributed by atoms with van der Waals surface area (Å²) in [5, 5.41) is 0. The van der Waals surface area contributed by atoms with Crippen molar-refractivity contribution in [3.63, 3.8) is 0 Å². The third-order valence-corrected chi connectivity index (χ3v) is 5.11. The van der Waals surface area contributed by atoms with Crippen LogP contribution in [0.2, 0.25) is 0 Å². The van der Waals surface area contributed by atoms with E-state index in [1.165, 1.54) is 18.4 Å². The molecule has 2 heteroatoms. The van der Waals surface area contributed by atoms with Gasteiger partial charge >= 0.3 is 11.5 Å². The number of rotatable bonds is 8. The Hall–Kier alpha value is -3.39. The highest BCUT2D eigenvalue weighted by Gasteiger charge is 2.20. The van der Waals surface area contributed by atoms with Crippen LogP contribution in [-0.4, -0.2) is 6.61 Å². The quantitative estimate of drug-likeness (QED) is 0.222. The number of unbranched alkanes of at least 4 members (excludes halogenated alkanes) is 2. The molecule has 0 atom stereocenters. The Balaban J connectivity index is 1.67. The van der Waals surface area contributed by atoms with Gasteiger partial charge in [-0.25, -0.2) is 4.42 Å². The predicted molar refractivity (Wildman–Crippen MR) is 124 cm³/mol. The largest absolute Gasteiger partial charge is 0.494 e. The lowest BCUT2D eigenvalue weighted by atomic mass is 10.0. The van der Waals surface area contributed by atoms with E-state index in [9.17, 15) is 0 Å². The van der Waals surface area contributed by atoms with Gasteiger partial charge in [0, 0.05) is 5.56 Å². The van der Waals surface area contributed by atoms with Gasteiger partial charge in [-0.15, -0.1) is 0 Å². The van der Waals surface area contributed by atoms with Crippen LogP contribution < -0.4 is 4.74 Å². The molecule has 0 N–H and O–H groups in total. The third-order valence-electron chi connectivity index (χ3n) is 5.11. The van der Waals surface area contributed by atoms with E-state index in [4.69, 9.17) is 9.15 Å². The number of ether oxygens (including phenoxy) is 1. The Morgan fingerprint density at radius 3 is 1.77 bits per heavy atom. The Kier molecular flexibility index (Phi) is 6.56. The van der Waals surface area contributed by atoms with E-state index in [-0.39, 0.29) is 0 Å². The number of benzene rings is 3. The van der Waals surface area contributed by atoms with E-state index >= 15 is 0 Å². The summed E-state index contributed by atoms with van der Waals surface area (Å²) in [6.07, 6.45) is 3.49. The van der Waals surface area contributed by atoms with Gasteiger partial charge in [-0.1, -0.05) is 68.3 Å². The topological polar surface area (TPSA) is 20.5 Å². The minimum Gasteiger partial charge on any atom is -0.494 e. The van der Waals surface area contributed by atoms with Gasteiger partial charge in [-0.05, 0) is 48.4 Å². The molecule has 1 aromatic heterocycles. The molecule has 0 aliphatic carbocycles. The SMILES string of the molecule is CCCCCOc1ccc(-c2cc(-c3ccccc3)cc(-c3ccccc3)[o+]2)cc1. The smallest absolute Gasteiger partial charge is 0.361 e. The summed E-state index contributed by atoms with van der Waals surface area (Å²) in [5.41, 5.74) is 4.40. The van der Waals surface area contributed by atoms with Crippen molar-refractivity contribution < 1.29 is 9.15 Å². The van der Waals surface area contributed by atoms with Crippen molar-refractivity contribution in [2.75, 3.05) is 6.61 Å². The van der Waals surface area contributed by atoms with Crippen LogP contribution in [0.25, 0.3) is 33.8 Å². The molecular formula is C28H27O2+. The van der Waals surface area contributed by atoms with Crippen molar-refractivity contribution in [3.05, 3.63) is 97.1 Å². The van der Waals surface area contributed by atoms with Gasteiger partial charge in [0.25, 0.3) is 0 Å². The molecule has 0 aliphatic heterocycles. The molecule has 0 radical (unpaired) electrons. The summed E-state index contributed by atoms with van der Waals surface area (Å²) < 4.78 is 12.2. The van der Waals surface area contributed by atoms with Crippen LogP contribution in [0.5, 0.6) is 5.75 Å². The molecule has 0 unspecified atom stereocenters. The van der Waals surface area contributed by atoms with Gasteiger partial charge in [-0.2, -0.15) is 0 Å². The van der Waals surface area contributed by atoms with Gasteiger partial charge in [0.05, 0.1) is 29.9 Å². The first kappa shape index (κ1) is 19.9. The maximum atomic E-state index is 6.32. The summed E-state index contributed by atoms with van der Waals surface area (Å²) in [5.74, 6) is 2.59. The molecule has 0 bridgehead atoms. The van der Waals surface area contributed by atoms with Gasteiger partial charge in [0.2, 0.25) is 0 Å². The summed E-state index contributed by atoms with van der Waals surface area (Å²) in [4.78, 5) is 0. The van der Waals surface area contributed by atoms with Crippen molar-refractivity contribution in [2.24, 2.45) is 0 Å². The lowest BCUT2D eigenvalue weighted by molar-refractivity contribution is 0.306. The second-order valence-corrected chi connectivity index (χ2v) is 7.39. The number of hydrogen-bond acceptors (Lipinski definition) is 1. The molecule has 150 valence electrons. The minimum atomic E-state index is 0.763. The van der Waals surface area contributed by atoms with Crippen molar-refractivity contribution in [3.8, 4) is 39.5 Å². The molecule has 0 saturated carbocycles. The van der Waals surface area contributed by atoms with E-state index in [1.54, 1.807) is 0 Å². The fourth-order valence-corrected chi connectivity index (χ4v) is 3.44. The third kappa shape index (κ3) is 4.96. The van der Waals surface area contributed by atoms with E-state index in [0.29, 0.717) is 0 Å². The lowest BCUT2D eigenvalue weighted by Gasteiger charge is -2.06. The Bertz CT molecular complexity index is 997.